The van der Waals surface area contributed by atoms with E-state index in [2.05, 4.69) is 19.2 Å². The van der Waals surface area contributed by atoms with Crippen LogP contribution in [-0.2, 0) is 0 Å². The molecular formula is C15H22N2O3. The maximum Gasteiger partial charge on any atom is 0.275 e. The van der Waals surface area contributed by atoms with Crippen molar-refractivity contribution in [1.29, 1.82) is 0 Å². The number of nitrogens with one attached hydrogen (secondary N) is 1. The van der Waals surface area contributed by atoms with Crippen molar-refractivity contribution in [1.82, 2.24) is 0 Å². The second kappa shape index (κ2) is 6.11. The van der Waals surface area contributed by atoms with Crippen LogP contribution in [-0.4, -0.2) is 18.1 Å². The molecule has 0 aromatic heterocycles. The van der Waals surface area contributed by atoms with Gasteiger partial charge in [0, 0.05) is 23.9 Å². The van der Waals surface area contributed by atoms with Crippen molar-refractivity contribution in [3.8, 4) is 5.75 Å². The van der Waals surface area contributed by atoms with Gasteiger partial charge in [-0.15, -0.1) is 0 Å². The van der Waals surface area contributed by atoms with E-state index in [0.717, 1.165) is 24.4 Å². The molecule has 1 aromatic rings. The van der Waals surface area contributed by atoms with Gasteiger partial charge in [-0.25, -0.2) is 0 Å². The van der Waals surface area contributed by atoms with Crippen LogP contribution in [0.5, 0.6) is 5.75 Å². The number of hydrogen-bond donors (Lipinski definition) is 1. The first-order valence-electron chi connectivity index (χ1n) is 7.09. The first kappa shape index (κ1) is 14.6. The summed E-state index contributed by atoms with van der Waals surface area (Å²) in [6.07, 6.45) is 3.41. The Bertz CT molecular complexity index is 490. The van der Waals surface area contributed by atoms with Crippen LogP contribution in [0, 0.1) is 22.0 Å². The normalized spacial score (nSPS) is 26.1. The minimum Gasteiger partial charge on any atom is -0.496 e. The number of ether oxygens (including phenoxy) is 1. The molecule has 2 rings (SSSR count). The second-order valence-electron chi connectivity index (χ2n) is 5.79. The molecule has 3 unspecified atom stereocenters. The summed E-state index contributed by atoms with van der Waals surface area (Å²) in [5.74, 6) is 1.95. The number of rotatable bonds is 4. The van der Waals surface area contributed by atoms with Crippen LogP contribution in [0.2, 0.25) is 0 Å². The quantitative estimate of drug-likeness (QED) is 0.671. The predicted molar refractivity (Wildman–Crippen MR) is 79.2 cm³/mol. The van der Waals surface area contributed by atoms with Gasteiger partial charge in [0.25, 0.3) is 5.69 Å². The topological polar surface area (TPSA) is 64.4 Å². The van der Waals surface area contributed by atoms with E-state index in [-0.39, 0.29) is 10.6 Å². The summed E-state index contributed by atoms with van der Waals surface area (Å²) in [5, 5.41) is 14.3. The first-order chi connectivity index (χ1) is 9.49. The number of non-ortho nitro benzene ring substituents is 1. The van der Waals surface area contributed by atoms with Gasteiger partial charge in [-0.3, -0.25) is 10.1 Å². The molecule has 110 valence electrons. The third-order valence-electron chi connectivity index (χ3n) is 4.31. The van der Waals surface area contributed by atoms with Crippen molar-refractivity contribution < 1.29 is 9.66 Å². The summed E-state index contributed by atoms with van der Waals surface area (Å²) in [6, 6.07) is 5.21. The number of nitro benzene ring substituents is 1. The number of benzene rings is 1. The minimum atomic E-state index is -0.390. The van der Waals surface area contributed by atoms with Crippen molar-refractivity contribution in [2.24, 2.45) is 11.8 Å². The fraction of sp³-hybridized carbons (Fsp3) is 0.600. The molecule has 1 aliphatic rings. The molecule has 1 aromatic carbocycles. The van der Waals surface area contributed by atoms with Crippen LogP contribution in [0.1, 0.15) is 33.1 Å². The van der Waals surface area contributed by atoms with Crippen molar-refractivity contribution in [3.05, 3.63) is 28.3 Å². The number of hydrogen-bond acceptors (Lipinski definition) is 4. The number of anilines is 1. The Labute approximate surface area is 119 Å². The van der Waals surface area contributed by atoms with Gasteiger partial charge in [-0.05, 0) is 31.1 Å². The summed E-state index contributed by atoms with van der Waals surface area (Å²) in [7, 11) is 1.52. The molecule has 20 heavy (non-hydrogen) atoms. The van der Waals surface area contributed by atoms with Gasteiger partial charge in [0.1, 0.15) is 5.75 Å². The highest BCUT2D eigenvalue weighted by Crippen LogP contribution is 2.32. The zero-order chi connectivity index (χ0) is 14.7. The number of nitrogens with zero attached hydrogens (tertiary/aromatic N) is 1. The van der Waals surface area contributed by atoms with Crippen LogP contribution in [0.25, 0.3) is 0 Å². The molecule has 5 heteroatoms. The van der Waals surface area contributed by atoms with Gasteiger partial charge in [0.2, 0.25) is 0 Å². The Morgan fingerprint density at radius 2 is 2.00 bits per heavy atom. The Balaban J connectivity index is 2.12. The molecule has 0 radical (unpaired) electrons. The standard InChI is InChI=1S/C15H22N2O3/c1-10-4-5-12(6-11(10)2)16-13-7-14(17(18)19)9-15(8-13)20-3/h7-12,16H,4-6H2,1-3H3. The molecule has 0 bridgehead atoms. The molecule has 1 fully saturated rings. The van der Waals surface area contributed by atoms with Gasteiger partial charge >= 0.3 is 0 Å². The summed E-state index contributed by atoms with van der Waals surface area (Å²) in [5.41, 5.74) is 0.826. The molecular weight excluding hydrogens is 256 g/mol. The van der Waals surface area contributed by atoms with Gasteiger partial charge in [-0.2, -0.15) is 0 Å². The fourth-order valence-corrected chi connectivity index (χ4v) is 2.80. The Morgan fingerprint density at radius 3 is 2.60 bits per heavy atom. The SMILES string of the molecule is COc1cc(NC2CCC(C)C(C)C2)cc([N+](=O)[O-])c1. The average Bonchev–Trinajstić information content (AvgIpc) is 2.42. The van der Waals surface area contributed by atoms with E-state index < -0.39 is 0 Å². The average molecular weight is 278 g/mol. The van der Waals surface area contributed by atoms with E-state index in [1.807, 2.05) is 6.07 Å². The molecule has 0 saturated heterocycles. The molecule has 1 aliphatic carbocycles. The van der Waals surface area contributed by atoms with Crippen molar-refractivity contribution in [2.75, 3.05) is 12.4 Å². The lowest BCUT2D eigenvalue weighted by Crippen LogP contribution is -2.30. The summed E-state index contributed by atoms with van der Waals surface area (Å²) in [4.78, 5) is 10.5. The van der Waals surface area contributed by atoms with Gasteiger partial charge in [0.15, 0.2) is 0 Å². The molecule has 0 aliphatic heterocycles. The third kappa shape index (κ3) is 3.40. The summed E-state index contributed by atoms with van der Waals surface area (Å²) in [6.45, 7) is 4.56. The van der Waals surface area contributed by atoms with Crippen LogP contribution in [0.3, 0.4) is 0 Å². The van der Waals surface area contributed by atoms with E-state index >= 15 is 0 Å². The maximum atomic E-state index is 10.9. The minimum absolute atomic E-state index is 0.0593. The largest absolute Gasteiger partial charge is 0.496 e. The van der Waals surface area contributed by atoms with Gasteiger partial charge in [-0.1, -0.05) is 13.8 Å². The van der Waals surface area contributed by atoms with Gasteiger partial charge in [0.05, 0.1) is 18.1 Å². The van der Waals surface area contributed by atoms with E-state index in [9.17, 15) is 10.1 Å². The monoisotopic (exact) mass is 278 g/mol. The molecule has 5 nitrogen and oxygen atoms in total. The smallest absolute Gasteiger partial charge is 0.275 e. The molecule has 0 spiro atoms. The molecule has 0 amide bonds. The highest BCUT2D eigenvalue weighted by Gasteiger charge is 2.24. The Morgan fingerprint density at radius 1 is 1.25 bits per heavy atom. The van der Waals surface area contributed by atoms with E-state index in [0.29, 0.717) is 17.7 Å². The number of nitro groups is 1. The summed E-state index contributed by atoms with van der Waals surface area (Å²) >= 11 is 0. The highest BCUT2D eigenvalue weighted by molar-refractivity contribution is 5.56. The zero-order valence-corrected chi connectivity index (χ0v) is 12.3. The summed E-state index contributed by atoms with van der Waals surface area (Å²) < 4.78 is 5.13. The fourth-order valence-electron chi connectivity index (χ4n) is 2.80. The predicted octanol–water partition coefficient (Wildman–Crippen LogP) is 3.84. The lowest BCUT2D eigenvalue weighted by Gasteiger charge is -2.33. The van der Waals surface area contributed by atoms with Crippen LogP contribution >= 0.6 is 0 Å². The van der Waals surface area contributed by atoms with E-state index in [4.69, 9.17) is 4.74 Å². The van der Waals surface area contributed by atoms with Crippen molar-refractivity contribution in [3.63, 3.8) is 0 Å². The highest BCUT2D eigenvalue weighted by atomic mass is 16.6. The molecule has 3 atom stereocenters. The van der Waals surface area contributed by atoms with Crippen LogP contribution in [0.4, 0.5) is 11.4 Å². The lowest BCUT2D eigenvalue weighted by molar-refractivity contribution is -0.384. The molecule has 0 heterocycles. The third-order valence-corrected chi connectivity index (χ3v) is 4.31. The van der Waals surface area contributed by atoms with Crippen molar-refractivity contribution >= 4 is 11.4 Å². The lowest BCUT2D eigenvalue weighted by atomic mass is 9.79. The Kier molecular flexibility index (Phi) is 4.47. The second-order valence-corrected chi connectivity index (χ2v) is 5.79. The number of methoxy groups -OCH3 is 1. The zero-order valence-electron chi connectivity index (χ0n) is 12.3. The van der Waals surface area contributed by atoms with E-state index in [1.54, 1.807) is 6.07 Å². The molecule has 1 saturated carbocycles. The van der Waals surface area contributed by atoms with Crippen molar-refractivity contribution in [2.45, 2.75) is 39.2 Å². The molecule has 1 N–H and O–H groups in total. The maximum absolute atomic E-state index is 10.9. The Hall–Kier alpha value is -1.78. The van der Waals surface area contributed by atoms with E-state index in [1.165, 1.54) is 19.6 Å². The van der Waals surface area contributed by atoms with Crippen LogP contribution in [0.15, 0.2) is 18.2 Å². The first-order valence-corrected chi connectivity index (χ1v) is 7.09. The van der Waals surface area contributed by atoms with Gasteiger partial charge < -0.3 is 10.1 Å². The van der Waals surface area contributed by atoms with Crippen LogP contribution < -0.4 is 10.1 Å².